The fourth-order valence-corrected chi connectivity index (χ4v) is 4.97. The summed E-state index contributed by atoms with van der Waals surface area (Å²) in [5.74, 6) is -0.589. The van der Waals surface area contributed by atoms with Crippen LogP contribution in [0.1, 0.15) is 10.6 Å². The summed E-state index contributed by atoms with van der Waals surface area (Å²) in [6.07, 6.45) is 10.4. The molecule has 6 aromatic heterocycles. The lowest BCUT2D eigenvalue weighted by atomic mass is 10.1. The van der Waals surface area contributed by atoms with Gasteiger partial charge in [-0.25, -0.2) is 9.78 Å². The van der Waals surface area contributed by atoms with E-state index in [1.165, 1.54) is 47.5 Å². The van der Waals surface area contributed by atoms with Crippen molar-refractivity contribution in [2.45, 2.75) is 5.03 Å². The van der Waals surface area contributed by atoms with Crippen molar-refractivity contribution in [1.82, 2.24) is 33.3 Å². The monoisotopic (exact) mass is 489 g/mol. The first-order valence-corrected chi connectivity index (χ1v) is 11.7. The molecule has 0 atom stereocenters. The summed E-state index contributed by atoms with van der Waals surface area (Å²) in [6, 6.07) is 7.75. The summed E-state index contributed by atoms with van der Waals surface area (Å²) in [6.45, 7) is 0. The van der Waals surface area contributed by atoms with Crippen LogP contribution in [0.2, 0.25) is 0 Å². The van der Waals surface area contributed by atoms with E-state index in [-0.39, 0.29) is 16.5 Å². The third-order valence-electron chi connectivity index (χ3n) is 5.30. The number of aromatic nitrogens is 7. The molecule has 0 spiro atoms. The maximum Gasteiger partial charge on any atom is 0.379 e. The third-order valence-corrected chi connectivity index (χ3v) is 6.87. The SMILES string of the molecule is Cn1cc(-c2cnc3cnn(S(=O)(=O)c4cnc5ccc(OC(=O)c6ccco6)cn45)c3c2)cn1. The molecule has 0 fully saturated rings. The van der Waals surface area contributed by atoms with E-state index in [9.17, 15) is 13.2 Å². The molecule has 35 heavy (non-hydrogen) atoms. The van der Waals surface area contributed by atoms with Crippen molar-refractivity contribution in [3.8, 4) is 16.9 Å². The number of ether oxygens (including phenoxy) is 1. The first-order valence-electron chi connectivity index (χ1n) is 10.2. The molecule has 0 saturated heterocycles. The number of carbonyl (C=O) groups excluding carboxylic acids is 1. The number of pyridine rings is 2. The van der Waals surface area contributed by atoms with Gasteiger partial charge in [-0.05, 0) is 30.3 Å². The number of rotatable bonds is 5. The second kappa shape index (κ2) is 7.63. The van der Waals surface area contributed by atoms with Crippen LogP contribution in [0.25, 0.3) is 27.8 Å². The summed E-state index contributed by atoms with van der Waals surface area (Å²) in [7, 11) is -2.41. The zero-order valence-electron chi connectivity index (χ0n) is 18.0. The summed E-state index contributed by atoms with van der Waals surface area (Å²) < 4.78 is 41.5. The van der Waals surface area contributed by atoms with Crippen molar-refractivity contribution < 1.29 is 22.4 Å². The zero-order valence-corrected chi connectivity index (χ0v) is 18.8. The Morgan fingerprint density at radius 2 is 1.89 bits per heavy atom. The van der Waals surface area contributed by atoms with Gasteiger partial charge in [-0.3, -0.25) is 14.1 Å². The van der Waals surface area contributed by atoms with Crippen LogP contribution in [0, 0.1) is 0 Å². The molecule has 0 aliphatic rings. The molecule has 0 aliphatic heterocycles. The van der Waals surface area contributed by atoms with Gasteiger partial charge >= 0.3 is 16.0 Å². The molecule has 6 rings (SSSR count). The highest BCUT2D eigenvalue weighted by Gasteiger charge is 2.26. The third kappa shape index (κ3) is 3.45. The highest BCUT2D eigenvalue weighted by molar-refractivity contribution is 7.90. The Hall–Kier alpha value is -4.78. The standard InChI is InChI=1S/C22H15N7O5S/c1-27-12-15(9-25-27)14-7-18-17(23-8-14)10-26-29(18)35(31,32)21-11-24-20-5-4-16(13-28(20)21)34-22(30)19-3-2-6-33-19/h2-13H,1H3. The van der Waals surface area contributed by atoms with Gasteiger partial charge in [0.2, 0.25) is 5.76 Å². The van der Waals surface area contributed by atoms with Crippen LogP contribution < -0.4 is 4.74 Å². The summed E-state index contributed by atoms with van der Waals surface area (Å²) in [4.78, 5) is 20.7. The highest BCUT2D eigenvalue weighted by Crippen LogP contribution is 2.26. The lowest BCUT2D eigenvalue weighted by Crippen LogP contribution is -2.16. The molecular formula is C22H15N7O5S. The van der Waals surface area contributed by atoms with Crippen molar-refractivity contribution >= 4 is 32.7 Å². The number of hydrogen-bond acceptors (Lipinski definition) is 9. The van der Waals surface area contributed by atoms with Crippen molar-refractivity contribution in [1.29, 1.82) is 0 Å². The van der Waals surface area contributed by atoms with Crippen molar-refractivity contribution in [3.05, 3.63) is 79.5 Å². The van der Waals surface area contributed by atoms with Crippen molar-refractivity contribution in [3.63, 3.8) is 0 Å². The van der Waals surface area contributed by atoms with E-state index in [2.05, 4.69) is 20.2 Å². The molecule has 0 unspecified atom stereocenters. The molecule has 0 saturated carbocycles. The fourth-order valence-electron chi connectivity index (χ4n) is 3.64. The van der Waals surface area contributed by atoms with Gasteiger partial charge in [0.1, 0.15) is 22.4 Å². The number of furan rings is 1. The van der Waals surface area contributed by atoms with Gasteiger partial charge < -0.3 is 9.15 Å². The molecule has 0 bridgehead atoms. The Kier molecular flexibility index (Phi) is 4.54. The number of carbonyl (C=O) groups is 1. The molecule has 6 aromatic rings. The number of hydrogen-bond donors (Lipinski definition) is 0. The predicted octanol–water partition coefficient (Wildman–Crippen LogP) is 2.53. The van der Waals surface area contributed by atoms with Gasteiger partial charge in [0, 0.05) is 30.6 Å². The van der Waals surface area contributed by atoms with Gasteiger partial charge in [0.25, 0.3) is 0 Å². The van der Waals surface area contributed by atoms with Crippen molar-refractivity contribution in [2.75, 3.05) is 0 Å². The Bertz CT molecular complexity index is 1830. The van der Waals surface area contributed by atoms with Gasteiger partial charge in [-0.2, -0.15) is 22.7 Å². The Labute approximate surface area is 197 Å². The maximum atomic E-state index is 13.6. The minimum atomic E-state index is -4.20. The number of esters is 1. The Morgan fingerprint density at radius 1 is 1.00 bits per heavy atom. The molecule has 174 valence electrons. The number of fused-ring (bicyclic) bond motifs is 2. The summed E-state index contributed by atoms with van der Waals surface area (Å²) >= 11 is 0. The highest BCUT2D eigenvalue weighted by atomic mass is 32.2. The first kappa shape index (κ1) is 20.8. The summed E-state index contributed by atoms with van der Waals surface area (Å²) in [5, 5.41) is 8.06. The maximum absolute atomic E-state index is 13.6. The zero-order chi connectivity index (χ0) is 24.2. The normalized spacial score (nSPS) is 11.9. The van der Waals surface area contributed by atoms with E-state index < -0.39 is 16.0 Å². The second-order valence-corrected chi connectivity index (χ2v) is 9.29. The molecule has 6 heterocycles. The van der Waals surface area contributed by atoms with Crippen LogP contribution in [0.4, 0.5) is 0 Å². The predicted molar refractivity (Wildman–Crippen MR) is 121 cm³/mol. The average molecular weight is 489 g/mol. The van der Waals surface area contributed by atoms with Crippen LogP contribution in [0.15, 0.2) is 83.2 Å². The first-order chi connectivity index (χ1) is 16.9. The molecule has 0 aromatic carbocycles. The molecule has 0 radical (unpaired) electrons. The minimum absolute atomic E-state index is 0.0171. The van der Waals surface area contributed by atoms with E-state index >= 15 is 0 Å². The quantitative estimate of drug-likeness (QED) is 0.334. The number of nitrogens with zero attached hydrogens (tertiary/aromatic N) is 7. The van der Waals surface area contributed by atoms with E-state index in [1.54, 1.807) is 42.5 Å². The van der Waals surface area contributed by atoms with E-state index in [0.717, 1.165) is 9.65 Å². The second-order valence-electron chi connectivity index (χ2n) is 7.58. The van der Waals surface area contributed by atoms with Crippen LogP contribution >= 0.6 is 0 Å². The molecule has 0 amide bonds. The van der Waals surface area contributed by atoms with Gasteiger partial charge in [0.05, 0.1) is 31.1 Å². The number of aryl methyl sites for hydroxylation is 1. The largest absolute Gasteiger partial charge is 0.457 e. The van der Waals surface area contributed by atoms with Crippen LogP contribution in [0.3, 0.4) is 0 Å². The Balaban J connectivity index is 1.42. The van der Waals surface area contributed by atoms with Gasteiger partial charge in [0.15, 0.2) is 5.03 Å². The molecule has 0 aliphatic carbocycles. The van der Waals surface area contributed by atoms with Gasteiger partial charge in [-0.1, -0.05) is 0 Å². The minimum Gasteiger partial charge on any atom is -0.457 e. The lowest BCUT2D eigenvalue weighted by molar-refractivity contribution is 0.0700. The smallest absolute Gasteiger partial charge is 0.379 e. The fraction of sp³-hybridized carbons (Fsp3) is 0.0455. The van der Waals surface area contributed by atoms with E-state index in [4.69, 9.17) is 9.15 Å². The van der Waals surface area contributed by atoms with Crippen LogP contribution in [0.5, 0.6) is 5.75 Å². The number of imidazole rings is 1. The van der Waals surface area contributed by atoms with Crippen molar-refractivity contribution in [2.24, 2.45) is 7.05 Å². The Morgan fingerprint density at radius 3 is 2.66 bits per heavy atom. The van der Waals surface area contributed by atoms with Gasteiger partial charge in [-0.15, -0.1) is 0 Å². The molecule has 12 nitrogen and oxygen atoms in total. The van der Waals surface area contributed by atoms with E-state index in [0.29, 0.717) is 22.2 Å². The topological polar surface area (TPSA) is 139 Å². The molecule has 13 heteroatoms. The average Bonchev–Trinajstić information content (AvgIpc) is 3.64. The molecular weight excluding hydrogens is 474 g/mol. The molecule has 0 N–H and O–H groups in total. The van der Waals surface area contributed by atoms with Crippen LogP contribution in [-0.4, -0.2) is 47.7 Å². The van der Waals surface area contributed by atoms with E-state index in [1.807, 2.05) is 0 Å². The lowest BCUT2D eigenvalue weighted by Gasteiger charge is -2.08. The summed E-state index contributed by atoms with van der Waals surface area (Å²) in [5.41, 5.74) is 2.51. The van der Waals surface area contributed by atoms with Crippen LogP contribution in [-0.2, 0) is 17.1 Å².